The lowest BCUT2D eigenvalue weighted by molar-refractivity contribution is 0.595. The summed E-state index contributed by atoms with van der Waals surface area (Å²) in [4.78, 5) is 15.9. The number of fused-ring (bicyclic) bond motifs is 1. The summed E-state index contributed by atoms with van der Waals surface area (Å²) in [5, 5.41) is 9.36. The Morgan fingerprint density at radius 1 is 1.20 bits per heavy atom. The van der Waals surface area contributed by atoms with Crippen LogP contribution in [0.15, 0.2) is 51.7 Å². The van der Waals surface area contributed by atoms with Crippen LogP contribution in [-0.4, -0.2) is 4.98 Å². The first-order chi connectivity index (χ1) is 9.67. The van der Waals surface area contributed by atoms with Crippen LogP contribution < -0.4 is 5.56 Å². The zero-order chi connectivity index (χ0) is 14.1. The molecule has 0 spiro atoms. The van der Waals surface area contributed by atoms with Crippen LogP contribution in [-0.2, 0) is 0 Å². The van der Waals surface area contributed by atoms with Gasteiger partial charge in [0, 0.05) is 5.56 Å². The van der Waals surface area contributed by atoms with Crippen molar-refractivity contribution in [1.29, 1.82) is 5.26 Å². The average molecular weight is 262 g/mol. The Hall–Kier alpha value is -2.93. The van der Waals surface area contributed by atoms with Crippen LogP contribution >= 0.6 is 0 Å². The number of aromatic nitrogens is 1. The van der Waals surface area contributed by atoms with Crippen molar-refractivity contribution < 1.29 is 4.42 Å². The third kappa shape index (κ3) is 2.06. The largest absolute Gasteiger partial charge is 0.437 e. The highest BCUT2D eigenvalue weighted by molar-refractivity contribution is 5.77. The molecular formula is C16H10N2O2. The van der Waals surface area contributed by atoms with E-state index >= 15 is 0 Å². The van der Waals surface area contributed by atoms with Gasteiger partial charge in [-0.2, -0.15) is 10.2 Å². The highest BCUT2D eigenvalue weighted by Crippen LogP contribution is 2.21. The van der Waals surface area contributed by atoms with Gasteiger partial charge in [-0.25, -0.2) is 0 Å². The van der Waals surface area contributed by atoms with Gasteiger partial charge in [-0.05, 0) is 42.8 Å². The molecule has 0 unspecified atom stereocenters. The molecule has 1 heterocycles. The lowest BCUT2D eigenvalue weighted by Gasteiger charge is -2.03. The van der Waals surface area contributed by atoms with Gasteiger partial charge in [0.25, 0.3) is 5.56 Å². The Labute approximate surface area is 114 Å². The first-order valence-corrected chi connectivity index (χ1v) is 6.09. The summed E-state index contributed by atoms with van der Waals surface area (Å²) < 4.78 is 5.69. The molecule has 0 atom stereocenters. The van der Waals surface area contributed by atoms with Crippen molar-refractivity contribution in [3.8, 4) is 17.5 Å². The molecular weight excluding hydrogens is 252 g/mol. The summed E-state index contributed by atoms with van der Waals surface area (Å²) in [6.45, 7) is 1.93. The number of hydrogen-bond acceptors (Lipinski definition) is 4. The molecule has 2 aromatic carbocycles. The zero-order valence-corrected chi connectivity index (χ0v) is 10.8. The molecule has 20 heavy (non-hydrogen) atoms. The molecule has 0 saturated heterocycles. The fourth-order valence-corrected chi connectivity index (χ4v) is 2.02. The maximum absolute atomic E-state index is 12.0. The fourth-order valence-electron chi connectivity index (χ4n) is 2.02. The van der Waals surface area contributed by atoms with E-state index in [1.165, 1.54) is 0 Å². The monoisotopic (exact) mass is 262 g/mol. The van der Waals surface area contributed by atoms with E-state index in [0.717, 1.165) is 5.56 Å². The van der Waals surface area contributed by atoms with Crippen LogP contribution in [0, 0.1) is 18.3 Å². The summed E-state index contributed by atoms with van der Waals surface area (Å²) in [5.74, 6) is 0.227. The minimum atomic E-state index is -0.330. The second kappa shape index (κ2) is 4.63. The lowest BCUT2D eigenvalue weighted by atomic mass is 10.1. The summed E-state index contributed by atoms with van der Waals surface area (Å²) in [5.41, 5.74) is 2.29. The third-order valence-corrected chi connectivity index (χ3v) is 3.02. The van der Waals surface area contributed by atoms with Crippen LogP contribution in [0.2, 0.25) is 0 Å². The zero-order valence-electron chi connectivity index (χ0n) is 10.8. The number of benzene rings is 2. The Balaban J connectivity index is 2.27. The summed E-state index contributed by atoms with van der Waals surface area (Å²) in [6.07, 6.45) is 0. The van der Waals surface area contributed by atoms with Gasteiger partial charge in [0.15, 0.2) is 0 Å². The van der Waals surface area contributed by atoms with E-state index in [2.05, 4.69) is 11.1 Å². The Bertz CT molecular complexity index is 904. The van der Waals surface area contributed by atoms with Gasteiger partial charge < -0.3 is 4.42 Å². The minimum Gasteiger partial charge on any atom is -0.437 e. The lowest BCUT2D eigenvalue weighted by Crippen LogP contribution is -2.07. The number of nitrogens with zero attached hydrogens (tertiary/aromatic N) is 2. The normalized spacial score (nSPS) is 10.4. The van der Waals surface area contributed by atoms with E-state index in [4.69, 9.17) is 9.68 Å². The van der Waals surface area contributed by atoms with Crippen LogP contribution in [0.4, 0.5) is 0 Å². The fraction of sp³-hybridized carbons (Fsp3) is 0.0625. The Morgan fingerprint density at radius 3 is 2.85 bits per heavy atom. The van der Waals surface area contributed by atoms with Crippen molar-refractivity contribution in [2.24, 2.45) is 0 Å². The Morgan fingerprint density at radius 2 is 2.05 bits per heavy atom. The van der Waals surface area contributed by atoms with Gasteiger partial charge >= 0.3 is 0 Å². The maximum Gasteiger partial charge on any atom is 0.284 e. The molecule has 0 amide bonds. The van der Waals surface area contributed by atoms with E-state index < -0.39 is 0 Å². The smallest absolute Gasteiger partial charge is 0.284 e. The molecule has 96 valence electrons. The molecule has 0 saturated carbocycles. The SMILES string of the molecule is Cc1ccc2c(=O)nc(-c3cccc(C#N)c3)oc2c1. The van der Waals surface area contributed by atoms with Crippen LogP contribution in [0.5, 0.6) is 0 Å². The standard InChI is InChI=1S/C16H10N2O2/c1-10-5-6-13-14(7-10)20-16(18-15(13)19)12-4-2-3-11(8-12)9-17/h2-8H,1H3. The van der Waals surface area contributed by atoms with Crippen molar-refractivity contribution in [2.45, 2.75) is 6.92 Å². The van der Waals surface area contributed by atoms with Crippen LogP contribution in [0.25, 0.3) is 22.4 Å². The summed E-state index contributed by atoms with van der Waals surface area (Å²) >= 11 is 0. The molecule has 1 aromatic heterocycles. The van der Waals surface area contributed by atoms with E-state index in [1.807, 2.05) is 13.0 Å². The molecule has 3 aromatic rings. The predicted molar refractivity (Wildman–Crippen MR) is 75.2 cm³/mol. The van der Waals surface area contributed by atoms with E-state index in [-0.39, 0.29) is 11.4 Å². The minimum absolute atomic E-state index is 0.227. The maximum atomic E-state index is 12.0. The highest BCUT2D eigenvalue weighted by atomic mass is 16.3. The topological polar surface area (TPSA) is 66.9 Å². The molecule has 0 fully saturated rings. The van der Waals surface area contributed by atoms with E-state index in [0.29, 0.717) is 22.1 Å². The molecule has 4 nitrogen and oxygen atoms in total. The van der Waals surface area contributed by atoms with Gasteiger partial charge in [-0.3, -0.25) is 4.79 Å². The second-order valence-electron chi connectivity index (χ2n) is 4.52. The molecule has 0 N–H and O–H groups in total. The van der Waals surface area contributed by atoms with E-state index in [1.54, 1.807) is 36.4 Å². The third-order valence-electron chi connectivity index (χ3n) is 3.02. The Kier molecular flexibility index (Phi) is 2.81. The van der Waals surface area contributed by atoms with E-state index in [9.17, 15) is 4.79 Å². The van der Waals surface area contributed by atoms with Gasteiger partial charge in [0.1, 0.15) is 5.58 Å². The number of rotatable bonds is 1. The van der Waals surface area contributed by atoms with Gasteiger partial charge in [0.2, 0.25) is 5.89 Å². The molecule has 0 aliphatic carbocycles. The van der Waals surface area contributed by atoms with Crippen LogP contribution in [0.3, 0.4) is 0 Å². The predicted octanol–water partition coefficient (Wildman–Crippen LogP) is 3.04. The first kappa shape index (κ1) is 12.1. The second-order valence-corrected chi connectivity index (χ2v) is 4.52. The molecule has 0 bridgehead atoms. The van der Waals surface area contributed by atoms with Gasteiger partial charge in [-0.15, -0.1) is 0 Å². The summed E-state index contributed by atoms with van der Waals surface area (Å²) in [6, 6.07) is 14.2. The van der Waals surface area contributed by atoms with Crippen molar-refractivity contribution in [2.75, 3.05) is 0 Å². The molecule has 4 heteroatoms. The number of nitriles is 1. The van der Waals surface area contributed by atoms with Crippen LogP contribution in [0.1, 0.15) is 11.1 Å². The molecule has 0 aliphatic rings. The number of aryl methyl sites for hydroxylation is 1. The van der Waals surface area contributed by atoms with Crippen molar-refractivity contribution in [3.63, 3.8) is 0 Å². The van der Waals surface area contributed by atoms with Crippen molar-refractivity contribution in [3.05, 3.63) is 63.9 Å². The first-order valence-electron chi connectivity index (χ1n) is 6.09. The van der Waals surface area contributed by atoms with Gasteiger partial charge in [0.05, 0.1) is 17.0 Å². The molecule has 3 rings (SSSR count). The van der Waals surface area contributed by atoms with Gasteiger partial charge in [-0.1, -0.05) is 12.1 Å². The number of hydrogen-bond donors (Lipinski definition) is 0. The molecule has 0 radical (unpaired) electrons. The van der Waals surface area contributed by atoms with Crippen molar-refractivity contribution in [1.82, 2.24) is 4.98 Å². The van der Waals surface area contributed by atoms with Crippen molar-refractivity contribution >= 4 is 11.0 Å². The average Bonchev–Trinajstić information content (AvgIpc) is 2.46. The highest BCUT2D eigenvalue weighted by Gasteiger charge is 2.09. The summed E-state index contributed by atoms with van der Waals surface area (Å²) in [7, 11) is 0. The molecule has 0 aliphatic heterocycles. The quantitative estimate of drug-likeness (QED) is 0.676.